The van der Waals surface area contributed by atoms with Gasteiger partial charge in [0.2, 0.25) is 0 Å². The largest absolute Gasteiger partial charge is 0.372 e. The van der Waals surface area contributed by atoms with Gasteiger partial charge in [0, 0.05) is 38.2 Å². The predicted octanol–water partition coefficient (Wildman–Crippen LogP) is 2.78. The molecule has 5 heteroatoms. The predicted molar refractivity (Wildman–Crippen MR) is 92.2 cm³/mol. The van der Waals surface area contributed by atoms with Gasteiger partial charge in [0.1, 0.15) is 11.8 Å². The van der Waals surface area contributed by atoms with Crippen molar-refractivity contribution < 1.29 is 4.74 Å². The lowest BCUT2D eigenvalue weighted by Crippen LogP contribution is -2.39. The maximum absolute atomic E-state index is 9.17. The van der Waals surface area contributed by atoms with Gasteiger partial charge in [-0.15, -0.1) is 0 Å². The third kappa shape index (κ3) is 3.84. The van der Waals surface area contributed by atoms with Crippen LogP contribution in [0.3, 0.4) is 0 Å². The summed E-state index contributed by atoms with van der Waals surface area (Å²) in [6.07, 6.45) is 6.15. The number of aromatic nitrogens is 2. The summed E-state index contributed by atoms with van der Waals surface area (Å²) in [5.41, 5.74) is 4.25. The molecular formula is C19H24N4O. The number of pyridine rings is 1. The minimum Gasteiger partial charge on any atom is -0.372 e. The second kappa shape index (κ2) is 7.61. The summed E-state index contributed by atoms with van der Waals surface area (Å²) in [6, 6.07) is 8.25. The minimum atomic E-state index is 0.262. The topological polar surface area (TPSA) is 54.1 Å². The lowest BCUT2D eigenvalue weighted by atomic mass is 10.1. The maximum atomic E-state index is 9.17. The van der Waals surface area contributed by atoms with Gasteiger partial charge in [0.15, 0.2) is 0 Å². The molecule has 1 unspecified atom stereocenters. The average Bonchev–Trinajstić information content (AvgIpc) is 2.89. The molecule has 1 aliphatic rings. The summed E-state index contributed by atoms with van der Waals surface area (Å²) < 4.78 is 8.05. The molecule has 0 spiro atoms. The molecule has 0 N–H and O–H groups in total. The Bertz CT molecular complexity index is 717. The van der Waals surface area contributed by atoms with Gasteiger partial charge in [-0.25, -0.2) is 0 Å². The molecule has 1 atom stereocenters. The summed E-state index contributed by atoms with van der Waals surface area (Å²) in [6.45, 7) is 5.61. The third-order valence-corrected chi connectivity index (χ3v) is 4.82. The number of nitrogens with zero attached hydrogens (tertiary/aromatic N) is 4. The van der Waals surface area contributed by atoms with E-state index in [0.717, 1.165) is 43.7 Å². The van der Waals surface area contributed by atoms with Gasteiger partial charge in [-0.2, -0.15) is 5.26 Å². The third-order valence-electron chi connectivity index (χ3n) is 4.82. The van der Waals surface area contributed by atoms with Crippen molar-refractivity contribution in [2.75, 3.05) is 13.1 Å². The molecule has 0 amide bonds. The molecule has 3 rings (SSSR count). The molecule has 1 fully saturated rings. The molecule has 3 heterocycles. The molecule has 2 aromatic heterocycles. The Morgan fingerprint density at radius 2 is 2.33 bits per heavy atom. The highest BCUT2D eigenvalue weighted by molar-refractivity contribution is 5.34. The van der Waals surface area contributed by atoms with Gasteiger partial charge < -0.3 is 9.30 Å². The molecule has 0 saturated carbocycles. The zero-order valence-corrected chi connectivity index (χ0v) is 14.4. The monoisotopic (exact) mass is 324 g/mol. The fourth-order valence-electron chi connectivity index (χ4n) is 3.26. The van der Waals surface area contributed by atoms with Crippen LogP contribution in [0.2, 0.25) is 0 Å². The van der Waals surface area contributed by atoms with E-state index in [9.17, 15) is 5.26 Å². The normalized spacial score (nSPS) is 18.5. The highest BCUT2D eigenvalue weighted by Gasteiger charge is 2.22. The first kappa shape index (κ1) is 16.7. The van der Waals surface area contributed by atoms with Crippen LogP contribution in [0.25, 0.3) is 0 Å². The number of nitriles is 1. The van der Waals surface area contributed by atoms with Crippen molar-refractivity contribution in [3.8, 4) is 6.07 Å². The number of likely N-dealkylation sites (tertiary alicyclic amines) is 1. The number of piperidine rings is 1. The Labute approximate surface area is 143 Å². The van der Waals surface area contributed by atoms with Crippen molar-refractivity contribution in [3.63, 3.8) is 0 Å². The first-order valence-electron chi connectivity index (χ1n) is 8.45. The molecule has 126 valence electrons. The Morgan fingerprint density at radius 1 is 1.46 bits per heavy atom. The van der Waals surface area contributed by atoms with Crippen LogP contribution in [0.5, 0.6) is 0 Å². The van der Waals surface area contributed by atoms with E-state index < -0.39 is 0 Å². The summed E-state index contributed by atoms with van der Waals surface area (Å²) in [5, 5.41) is 9.17. The van der Waals surface area contributed by atoms with E-state index in [-0.39, 0.29) is 6.10 Å². The van der Waals surface area contributed by atoms with Gasteiger partial charge in [-0.05, 0) is 49.6 Å². The molecular weight excluding hydrogens is 300 g/mol. The van der Waals surface area contributed by atoms with Gasteiger partial charge in [-0.1, -0.05) is 6.07 Å². The molecule has 24 heavy (non-hydrogen) atoms. The average molecular weight is 324 g/mol. The van der Waals surface area contributed by atoms with E-state index in [4.69, 9.17) is 4.74 Å². The van der Waals surface area contributed by atoms with E-state index in [1.54, 1.807) is 6.20 Å². The molecule has 5 nitrogen and oxygen atoms in total. The molecule has 0 aromatic carbocycles. The lowest BCUT2D eigenvalue weighted by Gasteiger charge is -2.32. The second-order valence-corrected chi connectivity index (χ2v) is 6.48. The van der Waals surface area contributed by atoms with Crippen LogP contribution < -0.4 is 0 Å². The zero-order chi connectivity index (χ0) is 16.9. The molecule has 0 radical (unpaired) electrons. The van der Waals surface area contributed by atoms with Crippen LogP contribution in [-0.4, -0.2) is 33.6 Å². The van der Waals surface area contributed by atoms with Crippen molar-refractivity contribution >= 4 is 0 Å². The molecule has 0 bridgehead atoms. The second-order valence-electron chi connectivity index (χ2n) is 6.48. The maximum Gasteiger partial charge on any atom is 0.120 e. The lowest BCUT2D eigenvalue weighted by molar-refractivity contribution is -0.0121. The summed E-state index contributed by atoms with van der Waals surface area (Å²) in [7, 11) is 1.95. The van der Waals surface area contributed by atoms with Crippen LogP contribution in [0, 0.1) is 18.3 Å². The van der Waals surface area contributed by atoms with E-state index in [0.29, 0.717) is 6.61 Å². The van der Waals surface area contributed by atoms with Crippen LogP contribution in [0.1, 0.15) is 35.4 Å². The summed E-state index contributed by atoms with van der Waals surface area (Å²) in [5.74, 6) is 0. The van der Waals surface area contributed by atoms with Crippen molar-refractivity contribution in [2.24, 2.45) is 7.05 Å². The highest BCUT2D eigenvalue weighted by atomic mass is 16.5. The fraction of sp³-hybridized carbons (Fsp3) is 0.474. The van der Waals surface area contributed by atoms with Crippen molar-refractivity contribution in [1.82, 2.24) is 14.5 Å². The Hall–Kier alpha value is -2.16. The van der Waals surface area contributed by atoms with Crippen molar-refractivity contribution in [1.29, 1.82) is 5.26 Å². The van der Waals surface area contributed by atoms with Crippen molar-refractivity contribution in [3.05, 3.63) is 53.1 Å². The van der Waals surface area contributed by atoms with Gasteiger partial charge >= 0.3 is 0 Å². The Balaban J connectivity index is 1.57. The standard InChI is InChI=1S/C19H24N4O/c1-15-17(9-18(10-20)22(15)2)12-23-8-4-6-19(13-23)24-14-16-5-3-7-21-11-16/h3,5,7,9,11,19H,4,6,8,12-14H2,1-2H3. The first-order valence-corrected chi connectivity index (χ1v) is 8.45. The van der Waals surface area contributed by atoms with Gasteiger partial charge in [-0.3, -0.25) is 9.88 Å². The highest BCUT2D eigenvalue weighted by Crippen LogP contribution is 2.20. The molecule has 1 saturated heterocycles. The van der Waals surface area contributed by atoms with Crippen LogP contribution in [0.15, 0.2) is 30.6 Å². The quantitative estimate of drug-likeness (QED) is 0.848. The van der Waals surface area contributed by atoms with Crippen molar-refractivity contribution in [2.45, 2.75) is 39.0 Å². The SMILES string of the molecule is Cc1c(CN2CCCC(OCc3cccnc3)C2)cc(C#N)n1C. The number of hydrogen-bond acceptors (Lipinski definition) is 4. The Kier molecular flexibility index (Phi) is 5.29. The van der Waals surface area contributed by atoms with Crippen LogP contribution >= 0.6 is 0 Å². The minimum absolute atomic E-state index is 0.262. The number of hydrogen-bond donors (Lipinski definition) is 0. The van der Waals surface area contributed by atoms with E-state index >= 15 is 0 Å². The molecule has 0 aliphatic carbocycles. The smallest absolute Gasteiger partial charge is 0.120 e. The molecule has 2 aromatic rings. The fourth-order valence-corrected chi connectivity index (χ4v) is 3.26. The number of ether oxygens (including phenoxy) is 1. The van der Waals surface area contributed by atoms with Crippen LogP contribution in [0.4, 0.5) is 0 Å². The number of rotatable bonds is 5. The van der Waals surface area contributed by atoms with Gasteiger partial charge in [0.25, 0.3) is 0 Å². The van der Waals surface area contributed by atoms with E-state index in [1.807, 2.05) is 36.0 Å². The zero-order valence-electron chi connectivity index (χ0n) is 14.4. The van der Waals surface area contributed by atoms with Crippen LogP contribution in [-0.2, 0) is 24.9 Å². The molecule has 1 aliphatic heterocycles. The Morgan fingerprint density at radius 3 is 3.04 bits per heavy atom. The van der Waals surface area contributed by atoms with E-state index in [1.165, 1.54) is 11.3 Å². The summed E-state index contributed by atoms with van der Waals surface area (Å²) in [4.78, 5) is 6.56. The van der Waals surface area contributed by atoms with Gasteiger partial charge in [0.05, 0.1) is 12.7 Å². The summed E-state index contributed by atoms with van der Waals surface area (Å²) >= 11 is 0. The first-order chi connectivity index (χ1) is 11.7. The van der Waals surface area contributed by atoms with E-state index in [2.05, 4.69) is 22.9 Å².